The molecule has 0 spiro atoms. The van der Waals surface area contributed by atoms with Gasteiger partial charge in [0.25, 0.3) is 0 Å². The molecule has 0 saturated heterocycles. The van der Waals surface area contributed by atoms with E-state index in [0.29, 0.717) is 6.54 Å². The third-order valence-electron chi connectivity index (χ3n) is 1.87. The number of nitrogens with zero attached hydrogens (tertiary/aromatic N) is 1. The van der Waals surface area contributed by atoms with Crippen LogP contribution in [0, 0.1) is 18.8 Å². The van der Waals surface area contributed by atoms with Crippen LogP contribution in [0.1, 0.15) is 16.7 Å². The molecule has 0 aliphatic rings. The van der Waals surface area contributed by atoms with Gasteiger partial charge in [-0.15, -0.1) is 0 Å². The molecule has 0 radical (unpaired) electrons. The van der Waals surface area contributed by atoms with E-state index in [4.69, 9.17) is 0 Å². The Hall–Kier alpha value is -1.18. The molecule has 0 aromatic heterocycles. The molecule has 0 N–H and O–H groups in total. The molecular formula is C9H11NO. The maximum atomic E-state index is 10.0. The van der Waals surface area contributed by atoms with Crippen molar-refractivity contribution in [3.63, 3.8) is 0 Å². The Morgan fingerprint density at radius 1 is 1.27 bits per heavy atom. The molecule has 2 nitrogen and oxygen atoms in total. The first-order valence-corrected chi connectivity index (χ1v) is 3.60. The quantitative estimate of drug-likeness (QED) is 0.594. The fourth-order valence-electron chi connectivity index (χ4n) is 1.16. The third kappa shape index (κ3) is 1.64. The molecule has 11 heavy (non-hydrogen) atoms. The van der Waals surface area contributed by atoms with Gasteiger partial charge in [0.15, 0.2) is 0 Å². The Morgan fingerprint density at radius 3 is 2.27 bits per heavy atom. The molecule has 0 atom stereocenters. The van der Waals surface area contributed by atoms with Crippen LogP contribution in [0.2, 0.25) is 0 Å². The summed E-state index contributed by atoms with van der Waals surface area (Å²) in [4.78, 5) is 10.0. The number of hydrogen-bond acceptors (Lipinski definition) is 2. The largest absolute Gasteiger partial charge is 0.150 e. The van der Waals surface area contributed by atoms with Gasteiger partial charge in [-0.3, -0.25) is 0 Å². The third-order valence-corrected chi connectivity index (χ3v) is 1.87. The summed E-state index contributed by atoms with van der Waals surface area (Å²) in [5, 5.41) is 2.88. The molecule has 1 aromatic rings. The molecule has 0 unspecified atom stereocenters. The fourth-order valence-corrected chi connectivity index (χ4v) is 1.16. The number of hydrogen-bond donors (Lipinski definition) is 0. The van der Waals surface area contributed by atoms with E-state index in [9.17, 15) is 4.91 Å². The first-order valence-electron chi connectivity index (χ1n) is 3.60. The normalized spacial score (nSPS) is 9.64. The highest BCUT2D eigenvalue weighted by Crippen LogP contribution is 2.13. The zero-order valence-electron chi connectivity index (χ0n) is 6.79. The highest BCUT2D eigenvalue weighted by molar-refractivity contribution is 5.33. The van der Waals surface area contributed by atoms with Crippen LogP contribution in [0.25, 0.3) is 0 Å². The lowest BCUT2D eigenvalue weighted by atomic mass is 10.0. The van der Waals surface area contributed by atoms with Gasteiger partial charge < -0.3 is 0 Å². The Labute approximate surface area is 66.2 Å². The summed E-state index contributed by atoms with van der Waals surface area (Å²) in [7, 11) is 0. The smallest absolute Gasteiger partial charge is 0.107 e. The van der Waals surface area contributed by atoms with Crippen LogP contribution in [0.5, 0.6) is 0 Å². The number of rotatable bonds is 2. The lowest BCUT2D eigenvalue weighted by Crippen LogP contribution is -1.90. The van der Waals surface area contributed by atoms with E-state index in [1.165, 1.54) is 0 Å². The Balaban J connectivity index is 3.09. The van der Waals surface area contributed by atoms with Crippen molar-refractivity contribution in [1.29, 1.82) is 0 Å². The molecule has 58 valence electrons. The minimum Gasteiger partial charge on any atom is -0.150 e. The van der Waals surface area contributed by atoms with E-state index in [-0.39, 0.29) is 0 Å². The van der Waals surface area contributed by atoms with Crippen molar-refractivity contribution in [3.05, 3.63) is 39.8 Å². The van der Waals surface area contributed by atoms with Gasteiger partial charge in [-0.05, 0) is 30.5 Å². The van der Waals surface area contributed by atoms with Crippen molar-refractivity contribution >= 4 is 0 Å². The van der Waals surface area contributed by atoms with Gasteiger partial charge in [-0.1, -0.05) is 23.4 Å². The minimum atomic E-state index is 0.290. The first-order chi connectivity index (χ1) is 5.25. The van der Waals surface area contributed by atoms with Gasteiger partial charge in [0, 0.05) is 0 Å². The van der Waals surface area contributed by atoms with E-state index in [0.717, 1.165) is 16.7 Å². The van der Waals surface area contributed by atoms with Crippen molar-refractivity contribution < 1.29 is 0 Å². The molecule has 0 fully saturated rings. The maximum absolute atomic E-state index is 10.0. The number of aryl methyl sites for hydroxylation is 2. The van der Waals surface area contributed by atoms with Gasteiger partial charge >= 0.3 is 0 Å². The molecule has 2 heteroatoms. The maximum Gasteiger partial charge on any atom is 0.107 e. The Kier molecular flexibility index (Phi) is 2.36. The van der Waals surface area contributed by atoms with Crippen molar-refractivity contribution in [2.45, 2.75) is 20.4 Å². The van der Waals surface area contributed by atoms with Crippen LogP contribution < -0.4 is 0 Å². The highest BCUT2D eigenvalue weighted by Gasteiger charge is 1.99. The second-order valence-electron chi connectivity index (χ2n) is 2.66. The standard InChI is InChI=1S/C9H11NO/c1-7-4-3-5-8(2)9(7)6-10-11/h3-5H,6H2,1-2H3. The Morgan fingerprint density at radius 2 is 1.82 bits per heavy atom. The number of benzene rings is 1. The molecule has 0 saturated carbocycles. The highest BCUT2D eigenvalue weighted by atomic mass is 16.3. The minimum absolute atomic E-state index is 0.290. The van der Waals surface area contributed by atoms with Crippen LogP contribution in [-0.2, 0) is 6.54 Å². The van der Waals surface area contributed by atoms with E-state index in [1.807, 2.05) is 32.0 Å². The fraction of sp³-hybridized carbons (Fsp3) is 0.333. The summed E-state index contributed by atoms with van der Waals surface area (Å²) in [6.45, 7) is 4.28. The summed E-state index contributed by atoms with van der Waals surface area (Å²) in [6, 6.07) is 5.97. The second kappa shape index (κ2) is 3.28. The lowest BCUT2D eigenvalue weighted by Gasteiger charge is -2.03. The molecule has 0 amide bonds. The molecule has 0 aliphatic carbocycles. The molecule has 1 aromatic carbocycles. The summed E-state index contributed by atoms with van der Waals surface area (Å²) in [6.07, 6.45) is 0. The average molecular weight is 149 g/mol. The average Bonchev–Trinajstić information content (AvgIpc) is 1.97. The Bertz CT molecular complexity index is 248. The van der Waals surface area contributed by atoms with Gasteiger partial charge in [0.2, 0.25) is 0 Å². The van der Waals surface area contributed by atoms with Gasteiger partial charge in [0.1, 0.15) is 6.54 Å². The molecular weight excluding hydrogens is 138 g/mol. The summed E-state index contributed by atoms with van der Waals surface area (Å²) in [5.74, 6) is 0. The van der Waals surface area contributed by atoms with Crippen molar-refractivity contribution in [1.82, 2.24) is 0 Å². The molecule has 0 aliphatic heterocycles. The molecule has 0 heterocycles. The van der Waals surface area contributed by atoms with E-state index >= 15 is 0 Å². The van der Waals surface area contributed by atoms with Crippen molar-refractivity contribution in [2.75, 3.05) is 0 Å². The second-order valence-corrected chi connectivity index (χ2v) is 2.66. The van der Waals surface area contributed by atoms with E-state index in [1.54, 1.807) is 0 Å². The van der Waals surface area contributed by atoms with Crippen LogP contribution in [0.4, 0.5) is 0 Å². The van der Waals surface area contributed by atoms with Gasteiger partial charge in [-0.2, -0.15) is 4.91 Å². The van der Waals surface area contributed by atoms with Gasteiger partial charge in [-0.25, -0.2) is 0 Å². The van der Waals surface area contributed by atoms with E-state index < -0.39 is 0 Å². The van der Waals surface area contributed by atoms with E-state index in [2.05, 4.69) is 5.18 Å². The monoisotopic (exact) mass is 149 g/mol. The molecule has 1 rings (SSSR count). The zero-order valence-corrected chi connectivity index (χ0v) is 6.79. The van der Waals surface area contributed by atoms with Crippen molar-refractivity contribution in [2.24, 2.45) is 5.18 Å². The number of nitroso groups, excluding NO2 is 1. The predicted octanol–water partition coefficient (Wildman–Crippen LogP) is 2.57. The van der Waals surface area contributed by atoms with Crippen molar-refractivity contribution in [3.8, 4) is 0 Å². The lowest BCUT2D eigenvalue weighted by molar-refractivity contribution is 1.02. The van der Waals surface area contributed by atoms with Crippen LogP contribution in [0.3, 0.4) is 0 Å². The summed E-state index contributed by atoms with van der Waals surface area (Å²) < 4.78 is 0. The first kappa shape index (κ1) is 7.92. The van der Waals surface area contributed by atoms with Gasteiger partial charge in [0.05, 0.1) is 0 Å². The van der Waals surface area contributed by atoms with Crippen LogP contribution >= 0.6 is 0 Å². The topological polar surface area (TPSA) is 29.4 Å². The van der Waals surface area contributed by atoms with Crippen LogP contribution in [0.15, 0.2) is 23.4 Å². The SMILES string of the molecule is Cc1cccc(C)c1CN=O. The van der Waals surface area contributed by atoms with Crippen LogP contribution in [-0.4, -0.2) is 0 Å². The summed E-state index contributed by atoms with van der Waals surface area (Å²) >= 11 is 0. The summed E-state index contributed by atoms with van der Waals surface area (Å²) in [5.41, 5.74) is 3.34. The zero-order chi connectivity index (χ0) is 8.27. The molecule has 0 bridgehead atoms. The predicted molar refractivity (Wildman–Crippen MR) is 45.4 cm³/mol.